The Bertz CT molecular complexity index is 1290. The Hall–Kier alpha value is -3.64. The van der Waals surface area contributed by atoms with Crippen LogP contribution in [0.15, 0.2) is 66.7 Å². The summed E-state index contributed by atoms with van der Waals surface area (Å²) in [6, 6.07) is 22.6. The fourth-order valence-electron chi connectivity index (χ4n) is 5.05. The van der Waals surface area contributed by atoms with E-state index in [1.54, 1.807) is 0 Å². The Morgan fingerprint density at radius 1 is 1.00 bits per heavy atom. The van der Waals surface area contributed by atoms with Gasteiger partial charge in [0.2, 0.25) is 0 Å². The van der Waals surface area contributed by atoms with Gasteiger partial charge in [-0.15, -0.1) is 0 Å². The van der Waals surface area contributed by atoms with Crippen LogP contribution < -0.4 is 10.1 Å². The highest BCUT2D eigenvalue weighted by Crippen LogP contribution is 2.33. The predicted molar refractivity (Wildman–Crippen MR) is 132 cm³/mol. The van der Waals surface area contributed by atoms with E-state index < -0.39 is 0 Å². The average Bonchev–Trinajstić information content (AvgIpc) is 3.45. The van der Waals surface area contributed by atoms with Crippen molar-refractivity contribution in [1.82, 2.24) is 20.2 Å². The Morgan fingerprint density at radius 3 is 2.68 bits per heavy atom. The molecule has 4 aromatic rings. The molecule has 2 aliphatic heterocycles. The lowest BCUT2D eigenvalue weighted by Crippen LogP contribution is -2.46. The number of fused-ring (bicyclic) bond motifs is 2. The second-order valence-corrected chi connectivity index (χ2v) is 9.20. The molecule has 1 aromatic heterocycles. The van der Waals surface area contributed by atoms with E-state index in [4.69, 9.17) is 4.74 Å². The molecule has 2 aliphatic rings. The summed E-state index contributed by atoms with van der Waals surface area (Å²) in [6.07, 6.45) is 2.93. The van der Waals surface area contributed by atoms with Crippen LogP contribution in [-0.4, -0.2) is 39.9 Å². The van der Waals surface area contributed by atoms with Gasteiger partial charge in [-0.3, -0.25) is 4.79 Å². The molecule has 0 radical (unpaired) electrons. The van der Waals surface area contributed by atoms with Crippen LogP contribution in [0.1, 0.15) is 45.7 Å². The number of nitrogens with one attached hydrogen (secondary N) is 2. The lowest BCUT2D eigenvalue weighted by atomic mass is 10.1. The van der Waals surface area contributed by atoms with E-state index in [0.717, 1.165) is 71.6 Å². The normalized spacial score (nSPS) is 17.8. The summed E-state index contributed by atoms with van der Waals surface area (Å²) in [5.41, 5.74) is 6.16. The van der Waals surface area contributed by atoms with Gasteiger partial charge in [0.1, 0.15) is 18.2 Å². The van der Waals surface area contributed by atoms with E-state index in [9.17, 15) is 4.79 Å². The summed E-state index contributed by atoms with van der Waals surface area (Å²) in [7, 11) is 0. The minimum absolute atomic E-state index is 0.129. The van der Waals surface area contributed by atoms with Crippen molar-refractivity contribution < 1.29 is 9.53 Å². The fraction of sp³-hybridized carbons (Fsp3) is 0.286. The number of hydrogen-bond donors (Lipinski definition) is 2. The number of hydrogen-bond acceptors (Lipinski definition) is 4. The molecule has 1 unspecified atom stereocenters. The number of aromatic nitrogens is 2. The molecular weight excluding hydrogens is 424 g/mol. The molecule has 0 bridgehead atoms. The predicted octanol–water partition coefficient (Wildman–Crippen LogP) is 4.44. The summed E-state index contributed by atoms with van der Waals surface area (Å²) in [6.45, 7) is 3.01. The van der Waals surface area contributed by atoms with Gasteiger partial charge in [-0.2, -0.15) is 0 Å². The van der Waals surface area contributed by atoms with Crippen LogP contribution in [0.2, 0.25) is 0 Å². The average molecular weight is 453 g/mol. The number of carbonyl (C=O) groups excluding carboxylic acids is 1. The second kappa shape index (κ2) is 8.95. The maximum Gasteiger partial charge on any atom is 0.254 e. The highest BCUT2D eigenvalue weighted by Gasteiger charge is 2.35. The number of piperidine rings is 1. The quantitative estimate of drug-likeness (QED) is 0.454. The monoisotopic (exact) mass is 452 g/mol. The molecular formula is C28H28N4O2. The van der Waals surface area contributed by atoms with Gasteiger partial charge in [0, 0.05) is 30.1 Å². The lowest BCUT2D eigenvalue weighted by molar-refractivity contribution is 0.0674. The Kier molecular flexibility index (Phi) is 5.51. The van der Waals surface area contributed by atoms with Crippen molar-refractivity contribution in [3.8, 4) is 5.75 Å². The molecule has 1 amide bonds. The zero-order valence-corrected chi connectivity index (χ0v) is 19.1. The van der Waals surface area contributed by atoms with Crippen molar-refractivity contribution in [2.24, 2.45) is 0 Å². The van der Waals surface area contributed by atoms with Crippen LogP contribution >= 0.6 is 0 Å². The number of H-pyrrole nitrogens is 1. The van der Waals surface area contributed by atoms with Gasteiger partial charge in [-0.25, -0.2) is 4.98 Å². The minimum Gasteiger partial charge on any atom is -0.489 e. The Morgan fingerprint density at radius 2 is 1.85 bits per heavy atom. The van der Waals surface area contributed by atoms with Gasteiger partial charge in [0.15, 0.2) is 0 Å². The van der Waals surface area contributed by atoms with Crippen LogP contribution in [0.3, 0.4) is 0 Å². The van der Waals surface area contributed by atoms with Crippen LogP contribution in [-0.2, 0) is 19.6 Å². The first-order chi connectivity index (χ1) is 16.7. The SMILES string of the molecule is O=C1c2cccc(OCc3ccc(Cc4nc5ccccc5[nH]4)cc3)c2CN1C1CCCNC1. The number of para-hydroxylation sites is 2. The van der Waals surface area contributed by atoms with E-state index in [0.29, 0.717) is 13.2 Å². The third-order valence-corrected chi connectivity index (χ3v) is 6.89. The second-order valence-electron chi connectivity index (χ2n) is 9.20. The Balaban J connectivity index is 1.11. The molecule has 6 nitrogen and oxygen atoms in total. The number of amides is 1. The van der Waals surface area contributed by atoms with E-state index >= 15 is 0 Å². The maximum absolute atomic E-state index is 13.0. The van der Waals surface area contributed by atoms with Gasteiger partial charge in [-0.05, 0) is 54.8 Å². The molecule has 1 fully saturated rings. The summed E-state index contributed by atoms with van der Waals surface area (Å²) >= 11 is 0. The zero-order valence-electron chi connectivity index (χ0n) is 19.1. The number of aromatic amines is 1. The number of rotatable bonds is 6. The van der Waals surface area contributed by atoms with Gasteiger partial charge >= 0.3 is 0 Å². The van der Waals surface area contributed by atoms with Crippen molar-refractivity contribution >= 4 is 16.9 Å². The molecule has 1 saturated heterocycles. The van der Waals surface area contributed by atoms with E-state index in [-0.39, 0.29) is 11.9 Å². The standard InChI is InChI=1S/C28H28N4O2/c33-28-22-6-3-9-26(23(22)17-32(28)21-5-4-14-29-16-21)34-18-20-12-10-19(11-13-20)15-27-30-24-7-1-2-8-25(24)31-27/h1-3,6-13,21,29H,4-5,14-18H2,(H,30,31). The highest BCUT2D eigenvalue weighted by molar-refractivity contribution is 5.99. The molecule has 1 atom stereocenters. The number of imidazole rings is 1. The van der Waals surface area contributed by atoms with E-state index in [2.05, 4.69) is 39.6 Å². The molecule has 6 rings (SSSR count). The lowest BCUT2D eigenvalue weighted by Gasteiger charge is -2.31. The van der Waals surface area contributed by atoms with Crippen LogP contribution in [0.5, 0.6) is 5.75 Å². The first-order valence-corrected chi connectivity index (χ1v) is 12.0. The fourth-order valence-corrected chi connectivity index (χ4v) is 5.05. The summed E-state index contributed by atoms with van der Waals surface area (Å²) in [5, 5.41) is 3.42. The molecule has 172 valence electrons. The zero-order chi connectivity index (χ0) is 22.9. The first kappa shape index (κ1) is 20.9. The number of nitrogens with zero attached hydrogens (tertiary/aromatic N) is 2. The van der Waals surface area contributed by atoms with Gasteiger partial charge < -0.3 is 19.9 Å². The summed E-state index contributed by atoms with van der Waals surface area (Å²) in [5.74, 6) is 1.90. The molecule has 0 saturated carbocycles. The summed E-state index contributed by atoms with van der Waals surface area (Å²) in [4.78, 5) is 23.1. The van der Waals surface area contributed by atoms with Crippen molar-refractivity contribution in [2.75, 3.05) is 13.1 Å². The first-order valence-electron chi connectivity index (χ1n) is 12.0. The van der Waals surface area contributed by atoms with Crippen LogP contribution in [0.4, 0.5) is 0 Å². The third-order valence-electron chi connectivity index (χ3n) is 6.89. The van der Waals surface area contributed by atoms with Crippen molar-refractivity contribution in [2.45, 2.75) is 38.5 Å². The molecule has 6 heteroatoms. The third kappa shape index (κ3) is 4.05. The van der Waals surface area contributed by atoms with Crippen molar-refractivity contribution in [3.63, 3.8) is 0 Å². The molecule has 0 spiro atoms. The molecule has 3 aromatic carbocycles. The minimum atomic E-state index is 0.129. The number of ether oxygens (including phenoxy) is 1. The Labute approximate surface area is 199 Å². The molecule has 0 aliphatic carbocycles. The largest absolute Gasteiger partial charge is 0.489 e. The topological polar surface area (TPSA) is 70.2 Å². The van der Waals surface area contributed by atoms with Gasteiger partial charge in [0.05, 0.1) is 17.6 Å². The number of benzene rings is 3. The van der Waals surface area contributed by atoms with E-state index in [1.165, 1.54) is 5.56 Å². The van der Waals surface area contributed by atoms with Crippen LogP contribution in [0.25, 0.3) is 11.0 Å². The molecule has 2 N–H and O–H groups in total. The van der Waals surface area contributed by atoms with E-state index in [1.807, 2.05) is 47.4 Å². The van der Waals surface area contributed by atoms with Gasteiger partial charge in [0.25, 0.3) is 5.91 Å². The molecule has 3 heterocycles. The van der Waals surface area contributed by atoms with Gasteiger partial charge in [-0.1, -0.05) is 42.5 Å². The smallest absolute Gasteiger partial charge is 0.254 e. The maximum atomic E-state index is 13.0. The van der Waals surface area contributed by atoms with Crippen molar-refractivity contribution in [3.05, 3.63) is 94.8 Å². The van der Waals surface area contributed by atoms with Crippen LogP contribution in [0, 0.1) is 0 Å². The number of carbonyl (C=O) groups is 1. The molecule has 34 heavy (non-hydrogen) atoms. The van der Waals surface area contributed by atoms with Crippen molar-refractivity contribution in [1.29, 1.82) is 0 Å². The summed E-state index contributed by atoms with van der Waals surface area (Å²) < 4.78 is 6.20. The highest BCUT2D eigenvalue weighted by atomic mass is 16.5.